The fourth-order valence-corrected chi connectivity index (χ4v) is 3.84. The number of aromatic nitrogens is 1. The maximum absolute atomic E-state index is 13.1. The molecule has 180 valence electrons. The maximum atomic E-state index is 13.1. The SMILES string of the molecule is C[C@@H]1CC[C@H](c2ccc(NCC(=O)N(C)C)cc2)N(C(=O)C(=O)Nc2cncc(C(N)=O)c2)C1. The molecule has 1 fully saturated rings. The maximum Gasteiger partial charge on any atom is 0.313 e. The van der Waals surface area contributed by atoms with Crippen molar-refractivity contribution in [3.63, 3.8) is 0 Å². The van der Waals surface area contributed by atoms with Gasteiger partial charge in [0.05, 0.1) is 30.0 Å². The number of benzene rings is 1. The van der Waals surface area contributed by atoms with Crippen molar-refractivity contribution in [3.05, 3.63) is 53.9 Å². The second-order valence-electron chi connectivity index (χ2n) is 8.70. The van der Waals surface area contributed by atoms with Crippen LogP contribution in [0.5, 0.6) is 0 Å². The van der Waals surface area contributed by atoms with Crippen LogP contribution in [0.4, 0.5) is 11.4 Å². The highest BCUT2D eigenvalue weighted by atomic mass is 16.2. The van der Waals surface area contributed by atoms with Crippen molar-refractivity contribution >= 4 is 35.0 Å². The minimum atomic E-state index is -0.803. The van der Waals surface area contributed by atoms with E-state index < -0.39 is 17.7 Å². The van der Waals surface area contributed by atoms with Gasteiger partial charge < -0.3 is 26.2 Å². The van der Waals surface area contributed by atoms with Gasteiger partial charge in [-0.2, -0.15) is 0 Å². The average molecular weight is 467 g/mol. The van der Waals surface area contributed by atoms with Gasteiger partial charge in [0.1, 0.15) is 0 Å². The van der Waals surface area contributed by atoms with Crippen LogP contribution in [0.2, 0.25) is 0 Å². The first kappa shape index (κ1) is 24.7. The zero-order valence-electron chi connectivity index (χ0n) is 19.6. The first-order valence-electron chi connectivity index (χ1n) is 11.1. The molecule has 0 radical (unpaired) electrons. The smallest absolute Gasteiger partial charge is 0.313 e. The van der Waals surface area contributed by atoms with Crippen LogP contribution >= 0.6 is 0 Å². The summed E-state index contributed by atoms with van der Waals surface area (Å²) in [6, 6.07) is 8.66. The van der Waals surface area contributed by atoms with Crippen molar-refractivity contribution in [3.8, 4) is 0 Å². The third-order valence-corrected chi connectivity index (χ3v) is 5.79. The summed E-state index contributed by atoms with van der Waals surface area (Å²) in [7, 11) is 3.40. The van der Waals surface area contributed by atoms with Crippen LogP contribution in [0.15, 0.2) is 42.7 Å². The molecule has 4 amide bonds. The van der Waals surface area contributed by atoms with Gasteiger partial charge in [0.2, 0.25) is 11.8 Å². The molecule has 10 heteroatoms. The first-order valence-corrected chi connectivity index (χ1v) is 11.1. The number of nitrogens with zero attached hydrogens (tertiary/aromatic N) is 3. The van der Waals surface area contributed by atoms with E-state index in [2.05, 4.69) is 15.6 Å². The van der Waals surface area contributed by atoms with Gasteiger partial charge in [-0.3, -0.25) is 24.2 Å². The molecule has 1 aliphatic heterocycles. The van der Waals surface area contributed by atoms with E-state index in [0.29, 0.717) is 6.54 Å². The molecule has 1 saturated heterocycles. The van der Waals surface area contributed by atoms with Crippen molar-refractivity contribution in [2.24, 2.45) is 11.7 Å². The number of hydrogen-bond acceptors (Lipinski definition) is 6. The summed E-state index contributed by atoms with van der Waals surface area (Å²) in [5.74, 6) is -1.91. The quantitative estimate of drug-likeness (QED) is 0.553. The normalized spacial score (nSPS) is 17.6. The number of carbonyl (C=O) groups excluding carboxylic acids is 4. The number of pyridine rings is 1. The van der Waals surface area contributed by atoms with Crippen molar-refractivity contribution in [1.82, 2.24) is 14.8 Å². The van der Waals surface area contributed by atoms with Gasteiger partial charge in [-0.1, -0.05) is 19.1 Å². The molecule has 2 aromatic rings. The molecule has 3 rings (SSSR count). The molecule has 1 aromatic carbocycles. The van der Waals surface area contributed by atoms with Crippen molar-refractivity contribution in [2.45, 2.75) is 25.8 Å². The largest absolute Gasteiger partial charge is 0.376 e. The van der Waals surface area contributed by atoms with Gasteiger partial charge in [-0.25, -0.2) is 0 Å². The second-order valence-corrected chi connectivity index (χ2v) is 8.70. The molecular weight excluding hydrogens is 436 g/mol. The molecule has 10 nitrogen and oxygen atoms in total. The van der Waals surface area contributed by atoms with Crippen LogP contribution in [0.1, 0.15) is 41.7 Å². The molecule has 2 atom stereocenters. The lowest BCUT2D eigenvalue weighted by Gasteiger charge is -2.38. The van der Waals surface area contributed by atoms with E-state index in [9.17, 15) is 19.2 Å². The van der Waals surface area contributed by atoms with Gasteiger partial charge in [-0.05, 0) is 42.5 Å². The summed E-state index contributed by atoms with van der Waals surface area (Å²) < 4.78 is 0. The lowest BCUT2D eigenvalue weighted by molar-refractivity contribution is -0.146. The number of hydrogen-bond donors (Lipinski definition) is 3. The Hall–Kier alpha value is -3.95. The monoisotopic (exact) mass is 466 g/mol. The van der Waals surface area contributed by atoms with E-state index in [0.717, 1.165) is 24.1 Å². The van der Waals surface area contributed by atoms with Crippen molar-refractivity contribution < 1.29 is 19.2 Å². The highest BCUT2D eigenvalue weighted by Gasteiger charge is 2.34. The summed E-state index contributed by atoms with van der Waals surface area (Å²) in [5.41, 5.74) is 7.32. The molecule has 1 aromatic heterocycles. The molecule has 0 saturated carbocycles. The number of primary amides is 1. The molecule has 0 aliphatic carbocycles. The number of amides is 4. The van der Waals surface area contributed by atoms with Crippen LogP contribution in [-0.2, 0) is 14.4 Å². The van der Waals surface area contributed by atoms with Crippen molar-refractivity contribution in [2.75, 3.05) is 37.8 Å². The van der Waals surface area contributed by atoms with E-state index in [1.54, 1.807) is 19.0 Å². The van der Waals surface area contributed by atoms with Crippen LogP contribution in [0.25, 0.3) is 0 Å². The standard InChI is InChI=1S/C24H30N6O4/c1-15-4-9-20(16-5-7-18(8-6-16)27-13-21(31)29(2)3)30(14-15)24(34)23(33)28-19-10-17(22(25)32)11-26-12-19/h5-8,10-12,15,20,27H,4,9,13-14H2,1-3H3,(H2,25,32)(H,28,33)/t15-,20-/m1/s1. The Morgan fingerprint density at radius 3 is 2.44 bits per heavy atom. The Morgan fingerprint density at radius 2 is 1.79 bits per heavy atom. The Kier molecular flexibility index (Phi) is 7.83. The summed E-state index contributed by atoms with van der Waals surface area (Å²) >= 11 is 0. The van der Waals surface area contributed by atoms with Gasteiger partial charge in [-0.15, -0.1) is 0 Å². The van der Waals surface area contributed by atoms with Gasteiger partial charge >= 0.3 is 11.8 Å². The predicted octanol–water partition coefficient (Wildman–Crippen LogP) is 1.62. The summed E-state index contributed by atoms with van der Waals surface area (Å²) in [6.45, 7) is 2.68. The van der Waals surface area contributed by atoms with Crippen molar-refractivity contribution in [1.29, 1.82) is 0 Å². The third kappa shape index (κ3) is 6.09. The number of anilines is 2. The minimum absolute atomic E-state index is 0.0373. The Bertz CT molecular complexity index is 1070. The molecule has 0 bridgehead atoms. The number of nitrogens with two attached hydrogens (primary N) is 1. The van der Waals surface area contributed by atoms with Gasteiger partial charge in [0.25, 0.3) is 0 Å². The van der Waals surface area contributed by atoms with Crippen LogP contribution in [0, 0.1) is 5.92 Å². The highest BCUT2D eigenvalue weighted by Crippen LogP contribution is 2.34. The lowest BCUT2D eigenvalue weighted by Crippen LogP contribution is -2.46. The first-order chi connectivity index (χ1) is 16.2. The molecule has 0 unspecified atom stereocenters. The zero-order valence-corrected chi connectivity index (χ0v) is 19.6. The van der Waals surface area contributed by atoms with E-state index in [4.69, 9.17) is 5.73 Å². The van der Waals surface area contributed by atoms with Crippen LogP contribution in [0.3, 0.4) is 0 Å². The number of likely N-dealkylation sites (N-methyl/N-ethyl adjacent to an activating group) is 1. The summed E-state index contributed by atoms with van der Waals surface area (Å²) in [4.78, 5) is 56.0. The van der Waals surface area contributed by atoms with E-state index >= 15 is 0 Å². The third-order valence-electron chi connectivity index (χ3n) is 5.79. The molecule has 0 spiro atoms. The molecular formula is C24H30N6O4. The van der Waals surface area contributed by atoms with E-state index in [1.165, 1.54) is 23.4 Å². The van der Waals surface area contributed by atoms with Crippen LogP contribution in [-0.4, -0.2) is 65.6 Å². The Morgan fingerprint density at radius 1 is 1.09 bits per heavy atom. The molecule has 2 heterocycles. The predicted molar refractivity (Wildman–Crippen MR) is 128 cm³/mol. The highest BCUT2D eigenvalue weighted by molar-refractivity contribution is 6.39. The summed E-state index contributed by atoms with van der Waals surface area (Å²) in [5, 5.41) is 5.60. The fraction of sp³-hybridized carbons (Fsp3) is 0.375. The molecule has 34 heavy (non-hydrogen) atoms. The zero-order chi connectivity index (χ0) is 24.8. The molecule has 1 aliphatic rings. The number of likely N-dealkylation sites (tertiary alicyclic amines) is 1. The number of piperidine rings is 1. The summed E-state index contributed by atoms with van der Waals surface area (Å²) in [6.07, 6.45) is 4.29. The average Bonchev–Trinajstić information content (AvgIpc) is 2.82. The van der Waals surface area contributed by atoms with Gasteiger partial charge in [0, 0.05) is 32.5 Å². The number of carbonyl (C=O) groups is 4. The number of nitrogens with one attached hydrogen (secondary N) is 2. The van der Waals surface area contributed by atoms with E-state index in [-0.39, 0.29) is 35.7 Å². The van der Waals surface area contributed by atoms with E-state index in [1.807, 2.05) is 31.2 Å². The minimum Gasteiger partial charge on any atom is -0.376 e. The lowest BCUT2D eigenvalue weighted by atomic mass is 9.89. The second kappa shape index (κ2) is 10.8. The number of rotatable bonds is 6. The Labute approximate surface area is 198 Å². The molecule has 4 N–H and O–H groups in total. The topological polar surface area (TPSA) is 138 Å². The fourth-order valence-electron chi connectivity index (χ4n) is 3.84. The van der Waals surface area contributed by atoms with Gasteiger partial charge in [0.15, 0.2) is 0 Å². The Balaban J connectivity index is 1.72. The van der Waals surface area contributed by atoms with Crippen LogP contribution < -0.4 is 16.4 Å².